The second-order valence-corrected chi connectivity index (χ2v) is 9.64. The fourth-order valence-electron chi connectivity index (χ4n) is 2.86. The van der Waals surface area contributed by atoms with Crippen LogP contribution in [0.2, 0.25) is 5.02 Å². The van der Waals surface area contributed by atoms with Crippen LogP contribution in [0, 0.1) is 6.92 Å². The van der Waals surface area contributed by atoms with Crippen molar-refractivity contribution in [2.24, 2.45) is 4.99 Å². The second-order valence-electron chi connectivity index (χ2n) is 6.27. The van der Waals surface area contributed by atoms with Crippen LogP contribution in [0.3, 0.4) is 0 Å². The Bertz CT molecular complexity index is 1310. The number of nitrogens with zero attached hydrogens (tertiary/aromatic N) is 2. The Morgan fingerprint density at radius 1 is 1.21 bits per heavy atom. The number of sulfone groups is 1. The standard InChI is InChI=1S/C19H17ClN2O5S2/c1-11-8-9-13(20)17-16(11)22(10-15(23)27-2)19(28-17)21-18(24)12-6-4-5-7-14(12)29(3,25)26/h4-9H,10H2,1-3H3. The van der Waals surface area contributed by atoms with Crippen molar-refractivity contribution in [1.82, 2.24) is 4.57 Å². The van der Waals surface area contributed by atoms with Crippen molar-refractivity contribution >= 4 is 54.9 Å². The zero-order valence-electron chi connectivity index (χ0n) is 15.8. The van der Waals surface area contributed by atoms with Crippen LogP contribution < -0.4 is 4.80 Å². The van der Waals surface area contributed by atoms with Crippen LogP contribution in [0.5, 0.6) is 0 Å². The Kier molecular flexibility index (Phi) is 5.92. The number of ether oxygens (including phenoxy) is 1. The van der Waals surface area contributed by atoms with E-state index >= 15 is 0 Å². The first-order valence-electron chi connectivity index (χ1n) is 8.37. The second kappa shape index (κ2) is 8.10. The van der Waals surface area contributed by atoms with Gasteiger partial charge in [-0.25, -0.2) is 8.42 Å². The zero-order valence-corrected chi connectivity index (χ0v) is 18.2. The molecular weight excluding hydrogens is 436 g/mol. The normalized spacial score (nSPS) is 12.3. The van der Waals surface area contributed by atoms with Gasteiger partial charge in [-0.1, -0.05) is 41.1 Å². The molecule has 0 unspecified atom stereocenters. The summed E-state index contributed by atoms with van der Waals surface area (Å²) in [6.45, 7) is 1.68. The molecule has 0 bridgehead atoms. The van der Waals surface area contributed by atoms with E-state index in [0.717, 1.165) is 23.2 Å². The third-order valence-corrected chi connectivity index (χ3v) is 6.90. The third-order valence-electron chi connectivity index (χ3n) is 4.21. The van der Waals surface area contributed by atoms with Gasteiger partial charge in [-0.05, 0) is 30.7 Å². The molecule has 0 N–H and O–H groups in total. The molecule has 29 heavy (non-hydrogen) atoms. The molecule has 0 saturated carbocycles. The number of aromatic nitrogens is 1. The van der Waals surface area contributed by atoms with E-state index in [1.54, 1.807) is 22.8 Å². The Morgan fingerprint density at radius 2 is 1.90 bits per heavy atom. The van der Waals surface area contributed by atoms with E-state index in [0.29, 0.717) is 15.2 Å². The number of amides is 1. The molecule has 2 aromatic carbocycles. The fourth-order valence-corrected chi connectivity index (χ4v) is 5.12. The predicted molar refractivity (Wildman–Crippen MR) is 111 cm³/mol. The highest BCUT2D eigenvalue weighted by Gasteiger charge is 2.20. The summed E-state index contributed by atoms with van der Waals surface area (Å²) in [5.41, 5.74) is 1.46. The van der Waals surface area contributed by atoms with Crippen molar-refractivity contribution < 1.29 is 22.7 Å². The van der Waals surface area contributed by atoms with Crippen molar-refractivity contribution in [2.45, 2.75) is 18.4 Å². The Labute approximate surface area is 176 Å². The molecule has 152 valence electrons. The van der Waals surface area contributed by atoms with Gasteiger partial charge in [0.2, 0.25) is 0 Å². The number of hydrogen-bond acceptors (Lipinski definition) is 6. The van der Waals surface area contributed by atoms with Gasteiger partial charge in [0.25, 0.3) is 5.91 Å². The van der Waals surface area contributed by atoms with Crippen LogP contribution in [-0.2, 0) is 25.9 Å². The highest BCUT2D eigenvalue weighted by molar-refractivity contribution is 7.90. The summed E-state index contributed by atoms with van der Waals surface area (Å²) >= 11 is 7.44. The number of methoxy groups -OCH3 is 1. The Hall–Kier alpha value is -2.49. The van der Waals surface area contributed by atoms with Gasteiger partial charge in [-0.3, -0.25) is 9.59 Å². The van der Waals surface area contributed by atoms with Crippen LogP contribution >= 0.6 is 22.9 Å². The van der Waals surface area contributed by atoms with Crippen LogP contribution in [0.25, 0.3) is 10.2 Å². The molecular formula is C19H17ClN2O5S2. The van der Waals surface area contributed by atoms with Gasteiger partial charge in [0.1, 0.15) is 6.54 Å². The summed E-state index contributed by atoms with van der Waals surface area (Å²) in [7, 11) is -2.36. The quantitative estimate of drug-likeness (QED) is 0.567. The Balaban J connectivity index is 2.27. The molecule has 0 saturated heterocycles. The summed E-state index contributed by atoms with van der Waals surface area (Å²) < 4.78 is 31.0. The fraction of sp³-hybridized carbons (Fsp3) is 0.211. The first-order valence-corrected chi connectivity index (χ1v) is 11.5. The summed E-state index contributed by atoms with van der Waals surface area (Å²) in [6.07, 6.45) is 1.03. The molecule has 1 aromatic heterocycles. The van der Waals surface area contributed by atoms with E-state index in [9.17, 15) is 18.0 Å². The molecule has 10 heteroatoms. The lowest BCUT2D eigenvalue weighted by Crippen LogP contribution is -2.23. The molecule has 0 atom stereocenters. The van der Waals surface area contributed by atoms with Crippen LogP contribution in [0.1, 0.15) is 15.9 Å². The monoisotopic (exact) mass is 452 g/mol. The first-order chi connectivity index (χ1) is 13.6. The van der Waals surface area contributed by atoms with Crippen LogP contribution in [0.15, 0.2) is 46.3 Å². The lowest BCUT2D eigenvalue weighted by Gasteiger charge is -2.07. The maximum atomic E-state index is 12.8. The lowest BCUT2D eigenvalue weighted by molar-refractivity contribution is -0.141. The molecule has 0 aliphatic carbocycles. The minimum Gasteiger partial charge on any atom is -0.468 e. The maximum absolute atomic E-state index is 12.8. The van der Waals surface area contributed by atoms with Gasteiger partial charge in [-0.2, -0.15) is 4.99 Å². The van der Waals surface area contributed by atoms with Crippen molar-refractivity contribution in [3.63, 3.8) is 0 Å². The van der Waals surface area contributed by atoms with Gasteiger partial charge in [0, 0.05) is 6.26 Å². The number of benzene rings is 2. The SMILES string of the molecule is COC(=O)Cn1c(=NC(=O)c2ccccc2S(C)(=O)=O)sc2c(Cl)ccc(C)c21. The number of rotatable bonds is 4. The molecule has 0 spiro atoms. The van der Waals surface area contributed by atoms with E-state index in [1.807, 2.05) is 6.92 Å². The molecule has 0 aliphatic heterocycles. The van der Waals surface area contributed by atoms with Crippen molar-refractivity contribution in [3.8, 4) is 0 Å². The van der Waals surface area contributed by atoms with Crippen LogP contribution in [0.4, 0.5) is 0 Å². The van der Waals surface area contributed by atoms with Gasteiger partial charge < -0.3 is 9.30 Å². The van der Waals surface area contributed by atoms with Gasteiger partial charge in [0.15, 0.2) is 14.6 Å². The number of carbonyl (C=O) groups excluding carboxylic acids is 2. The van der Waals surface area contributed by atoms with E-state index < -0.39 is 21.7 Å². The van der Waals surface area contributed by atoms with Gasteiger partial charge in [0.05, 0.1) is 32.8 Å². The number of fused-ring (bicyclic) bond motifs is 1. The van der Waals surface area contributed by atoms with E-state index in [4.69, 9.17) is 16.3 Å². The molecule has 1 amide bonds. The smallest absolute Gasteiger partial charge is 0.325 e. The molecule has 3 rings (SSSR count). The summed E-state index contributed by atoms with van der Waals surface area (Å²) in [5, 5.41) is 0.458. The topological polar surface area (TPSA) is 94.8 Å². The van der Waals surface area contributed by atoms with Crippen molar-refractivity contribution in [3.05, 3.63) is 57.3 Å². The maximum Gasteiger partial charge on any atom is 0.325 e. The third kappa shape index (κ3) is 4.26. The number of halogens is 1. The average Bonchev–Trinajstić information content (AvgIpc) is 3.03. The number of carbonyl (C=O) groups is 2. The number of hydrogen-bond donors (Lipinski definition) is 0. The summed E-state index contributed by atoms with van der Waals surface area (Å²) in [6, 6.07) is 9.38. The van der Waals surface area contributed by atoms with Gasteiger partial charge >= 0.3 is 5.97 Å². The van der Waals surface area contributed by atoms with E-state index in [-0.39, 0.29) is 21.8 Å². The molecule has 0 aliphatic rings. The molecule has 3 aromatic rings. The minimum atomic E-state index is -3.62. The molecule has 1 heterocycles. The number of aryl methyl sites for hydroxylation is 1. The van der Waals surface area contributed by atoms with E-state index in [1.165, 1.54) is 25.3 Å². The van der Waals surface area contributed by atoms with Crippen LogP contribution in [-0.4, -0.2) is 38.2 Å². The van der Waals surface area contributed by atoms with Crippen molar-refractivity contribution in [2.75, 3.05) is 13.4 Å². The molecule has 0 radical (unpaired) electrons. The molecule has 7 nitrogen and oxygen atoms in total. The van der Waals surface area contributed by atoms with Crippen molar-refractivity contribution in [1.29, 1.82) is 0 Å². The first kappa shape index (κ1) is 21.2. The molecule has 0 fully saturated rings. The number of esters is 1. The number of thiazole rings is 1. The lowest BCUT2D eigenvalue weighted by atomic mass is 10.2. The zero-order chi connectivity index (χ0) is 21.3. The van der Waals surface area contributed by atoms with E-state index in [2.05, 4.69) is 4.99 Å². The highest BCUT2D eigenvalue weighted by Crippen LogP contribution is 2.29. The summed E-state index contributed by atoms with van der Waals surface area (Å²) in [4.78, 5) is 29.0. The van der Waals surface area contributed by atoms with Gasteiger partial charge in [-0.15, -0.1) is 0 Å². The summed E-state index contributed by atoms with van der Waals surface area (Å²) in [5.74, 6) is -1.25. The highest BCUT2D eigenvalue weighted by atomic mass is 35.5. The minimum absolute atomic E-state index is 0.0418. The Morgan fingerprint density at radius 3 is 2.55 bits per heavy atom. The largest absolute Gasteiger partial charge is 0.468 e. The predicted octanol–water partition coefficient (Wildman–Crippen LogP) is 2.98. The average molecular weight is 453 g/mol.